The molecule has 0 aliphatic rings. The number of carbonyl (C=O) groups is 3. The molecule has 0 fully saturated rings. The summed E-state index contributed by atoms with van der Waals surface area (Å²) >= 11 is 0. The van der Waals surface area contributed by atoms with E-state index in [2.05, 4.69) is 19.7 Å². The number of ether oxygens (including phenoxy) is 2. The molecule has 1 amide bonds. The topological polar surface area (TPSA) is 101 Å². The average Bonchev–Trinajstić information content (AvgIpc) is 3.29. The minimum absolute atomic E-state index is 0.182. The number of benzene rings is 2. The average molecular weight is 551 g/mol. The number of carbonyl (C=O) groups excluding carboxylic acids is 3. The van der Waals surface area contributed by atoms with Crippen LogP contribution in [0.4, 0.5) is 0 Å². The summed E-state index contributed by atoms with van der Waals surface area (Å²) < 4.78 is 12.9. The summed E-state index contributed by atoms with van der Waals surface area (Å²) in [6.07, 6.45) is 3.99. The molecule has 0 aliphatic carbocycles. The van der Waals surface area contributed by atoms with E-state index in [0.717, 1.165) is 0 Å². The number of rotatable bonds is 8. The molecule has 1 unspecified atom stereocenters. The Morgan fingerprint density at radius 2 is 1.48 bits per heavy atom. The summed E-state index contributed by atoms with van der Waals surface area (Å²) in [7, 11) is 1.28. The van der Waals surface area contributed by atoms with Gasteiger partial charge in [0, 0.05) is 17.8 Å². The number of hydrogen-bond acceptors (Lipinski definition) is 5. The van der Waals surface area contributed by atoms with Crippen LogP contribution in [0.5, 0.6) is 5.75 Å². The van der Waals surface area contributed by atoms with Gasteiger partial charge in [-0.05, 0) is 32.9 Å². The van der Waals surface area contributed by atoms with Crippen LogP contribution in [-0.2, 0) is 20.9 Å². The third kappa shape index (κ3) is 10.4. The quantitative estimate of drug-likeness (QED) is 0.103. The van der Waals surface area contributed by atoms with Gasteiger partial charge >= 0.3 is 5.97 Å². The maximum Gasteiger partial charge on any atom is 0.351 e. The lowest BCUT2D eigenvalue weighted by molar-refractivity contribution is -0.149. The highest BCUT2D eigenvalue weighted by molar-refractivity contribution is 6.45. The Labute approximate surface area is 240 Å². The molecule has 0 saturated carbocycles. The molecular formula is C33H46N2O5. The fourth-order valence-electron chi connectivity index (χ4n) is 3.51. The van der Waals surface area contributed by atoms with E-state index in [1.165, 1.54) is 7.11 Å². The van der Waals surface area contributed by atoms with E-state index in [4.69, 9.17) is 15.2 Å². The van der Waals surface area contributed by atoms with Crippen molar-refractivity contribution >= 4 is 28.6 Å². The molecule has 1 aromatic heterocycles. The summed E-state index contributed by atoms with van der Waals surface area (Å²) in [6.45, 7) is 24.2. The van der Waals surface area contributed by atoms with Crippen LogP contribution in [0, 0.1) is 6.92 Å². The predicted octanol–water partition coefficient (Wildman–Crippen LogP) is 7.53. The van der Waals surface area contributed by atoms with E-state index in [0.29, 0.717) is 34.5 Å². The number of ketones is 1. The highest BCUT2D eigenvalue weighted by atomic mass is 16.6. The van der Waals surface area contributed by atoms with Gasteiger partial charge in [0.25, 0.3) is 11.7 Å². The van der Waals surface area contributed by atoms with E-state index < -0.39 is 23.8 Å². The fraction of sp³-hybridized carbons (Fsp3) is 0.303. The number of nitrogens with two attached hydrogens (primary N) is 1. The number of aromatic nitrogens is 1. The van der Waals surface area contributed by atoms with Crippen molar-refractivity contribution in [2.75, 3.05) is 7.11 Å². The molecule has 0 aliphatic heterocycles. The van der Waals surface area contributed by atoms with Crippen molar-refractivity contribution in [1.29, 1.82) is 0 Å². The number of nitrogens with zero attached hydrogens (tertiary/aromatic N) is 1. The molecule has 0 spiro atoms. The van der Waals surface area contributed by atoms with Crippen LogP contribution in [-0.4, -0.2) is 29.3 Å². The summed E-state index contributed by atoms with van der Waals surface area (Å²) in [5, 5.41) is 0.445. The number of amides is 1. The van der Waals surface area contributed by atoms with Gasteiger partial charge in [-0.25, -0.2) is 4.79 Å². The Hall–Kier alpha value is -4.39. The van der Waals surface area contributed by atoms with Gasteiger partial charge in [0.15, 0.2) is 0 Å². The van der Waals surface area contributed by atoms with Gasteiger partial charge < -0.3 is 19.8 Å². The third-order valence-corrected chi connectivity index (χ3v) is 5.01. The van der Waals surface area contributed by atoms with Gasteiger partial charge in [0.05, 0.1) is 23.6 Å². The molecule has 3 rings (SSSR count). The molecule has 218 valence electrons. The number of allylic oxidation sites excluding steroid dienone is 3. The van der Waals surface area contributed by atoms with E-state index in [1.54, 1.807) is 61.5 Å². The first-order valence-corrected chi connectivity index (χ1v) is 13.3. The van der Waals surface area contributed by atoms with Gasteiger partial charge in [-0.1, -0.05) is 95.5 Å². The number of aryl methyl sites for hydroxylation is 1. The van der Waals surface area contributed by atoms with Crippen molar-refractivity contribution in [3.05, 3.63) is 103 Å². The highest BCUT2D eigenvalue weighted by Crippen LogP contribution is 2.36. The van der Waals surface area contributed by atoms with E-state index >= 15 is 0 Å². The van der Waals surface area contributed by atoms with Crippen molar-refractivity contribution in [1.82, 2.24) is 4.57 Å². The monoisotopic (exact) mass is 550 g/mol. The van der Waals surface area contributed by atoms with Gasteiger partial charge in [-0.3, -0.25) is 9.59 Å². The maximum absolute atomic E-state index is 12.6. The molecule has 2 aromatic carbocycles. The highest BCUT2D eigenvalue weighted by Gasteiger charge is 2.29. The van der Waals surface area contributed by atoms with Crippen molar-refractivity contribution in [2.24, 2.45) is 5.73 Å². The van der Waals surface area contributed by atoms with Gasteiger partial charge in [0.2, 0.25) is 6.10 Å². The third-order valence-electron chi connectivity index (χ3n) is 5.01. The van der Waals surface area contributed by atoms with Crippen molar-refractivity contribution in [2.45, 2.75) is 61.1 Å². The van der Waals surface area contributed by atoms with E-state index in [-0.39, 0.29) is 5.56 Å². The standard InChI is InChI=1S/C22H22N2O5.C4H6.C3H6.2C2H6/c1-4-24-13(2)17(19(25)21(23)26)18-15(24)11-8-12-16(18)29-20(22(27)28-3)14-9-6-5-7-10-14;1-3-4-2;1-3-2;2*1-2/h5-12,20H,4H2,1-3H3,(H2,23,26);3-4H,1-2H2;3H,1H2,2H3;2*1-2H3. The first kappa shape index (κ1) is 37.8. The fourth-order valence-corrected chi connectivity index (χ4v) is 3.51. The second-order valence-electron chi connectivity index (χ2n) is 7.36. The lowest BCUT2D eigenvalue weighted by atomic mass is 10.0. The second kappa shape index (κ2) is 21.5. The largest absolute Gasteiger partial charge is 0.473 e. The first-order valence-electron chi connectivity index (χ1n) is 13.3. The molecule has 1 heterocycles. The van der Waals surface area contributed by atoms with Crippen LogP contribution in [0.1, 0.15) is 69.3 Å². The second-order valence-corrected chi connectivity index (χ2v) is 7.36. The van der Waals surface area contributed by atoms with E-state index in [1.807, 2.05) is 58.2 Å². The minimum Gasteiger partial charge on any atom is -0.473 e. The number of hydrogen-bond donors (Lipinski definition) is 1. The lowest BCUT2D eigenvalue weighted by Gasteiger charge is -2.18. The molecule has 7 heteroatoms. The van der Waals surface area contributed by atoms with Crippen molar-refractivity contribution in [3.8, 4) is 5.75 Å². The zero-order chi connectivity index (χ0) is 31.3. The van der Waals surface area contributed by atoms with Gasteiger partial charge in [0.1, 0.15) is 5.75 Å². The van der Waals surface area contributed by atoms with Crippen LogP contribution in [0.25, 0.3) is 10.9 Å². The maximum atomic E-state index is 12.6. The molecule has 2 N–H and O–H groups in total. The van der Waals surface area contributed by atoms with Gasteiger partial charge in [-0.15, -0.1) is 6.58 Å². The van der Waals surface area contributed by atoms with Crippen LogP contribution >= 0.6 is 0 Å². The van der Waals surface area contributed by atoms with Crippen molar-refractivity contribution in [3.63, 3.8) is 0 Å². The first-order chi connectivity index (χ1) is 19.2. The summed E-state index contributed by atoms with van der Waals surface area (Å²) in [6, 6.07) is 14.1. The van der Waals surface area contributed by atoms with Crippen LogP contribution < -0.4 is 10.5 Å². The molecule has 0 radical (unpaired) electrons. The molecule has 3 aromatic rings. The smallest absolute Gasteiger partial charge is 0.351 e. The molecular weight excluding hydrogens is 504 g/mol. The molecule has 0 bridgehead atoms. The Balaban J connectivity index is 0. The van der Waals surface area contributed by atoms with Crippen molar-refractivity contribution < 1.29 is 23.9 Å². The molecule has 1 atom stereocenters. The lowest BCUT2D eigenvalue weighted by Crippen LogP contribution is -2.24. The number of esters is 1. The Morgan fingerprint density at radius 1 is 0.950 bits per heavy atom. The van der Waals surface area contributed by atoms with Crippen LogP contribution in [0.3, 0.4) is 0 Å². The number of Topliss-reactive ketones (excluding diaryl/α,β-unsaturated/α-hetero) is 1. The summed E-state index contributed by atoms with van der Waals surface area (Å²) in [4.78, 5) is 36.6. The predicted molar refractivity (Wildman–Crippen MR) is 167 cm³/mol. The number of primary amides is 1. The summed E-state index contributed by atoms with van der Waals surface area (Å²) in [5.41, 5.74) is 7.38. The van der Waals surface area contributed by atoms with Gasteiger partial charge in [-0.2, -0.15) is 0 Å². The Morgan fingerprint density at radius 3 is 1.90 bits per heavy atom. The normalized spacial score (nSPS) is 9.70. The zero-order valence-corrected chi connectivity index (χ0v) is 25.3. The van der Waals surface area contributed by atoms with Crippen LogP contribution in [0.15, 0.2) is 86.5 Å². The molecule has 7 nitrogen and oxygen atoms in total. The molecule has 0 saturated heterocycles. The SMILES string of the molecule is C=CC.C=CC=C.CC.CC.CCn1c(C)c(C(=O)C(N)=O)c2c(OC(C(=O)OC)c3ccccc3)cccc21. The number of fused-ring (bicyclic) bond motifs is 1. The Bertz CT molecular complexity index is 1220. The number of methoxy groups -OCH3 is 1. The van der Waals surface area contributed by atoms with E-state index in [9.17, 15) is 14.4 Å². The van der Waals surface area contributed by atoms with Crippen LogP contribution in [0.2, 0.25) is 0 Å². The molecule has 40 heavy (non-hydrogen) atoms. The minimum atomic E-state index is -1.05. The zero-order valence-electron chi connectivity index (χ0n) is 25.3. The Kier molecular flexibility index (Phi) is 20.3. The summed E-state index contributed by atoms with van der Waals surface area (Å²) in [5.74, 6) is -2.14.